The molecule has 3 atom stereocenters. The molecule has 4 nitrogen and oxygen atoms in total. The van der Waals surface area contributed by atoms with Crippen LogP contribution in [0.5, 0.6) is 0 Å². The summed E-state index contributed by atoms with van der Waals surface area (Å²) in [6.45, 7) is 3.80. The Labute approximate surface area is 107 Å². The number of ether oxygens (including phenoxy) is 2. The summed E-state index contributed by atoms with van der Waals surface area (Å²) in [5, 5.41) is 0. The number of hydrogen-bond donors (Lipinski definition) is 0. The maximum absolute atomic E-state index is 12.0. The topological polar surface area (TPSA) is 52.6 Å². The molecule has 0 aromatic heterocycles. The number of halogens is 1. The van der Waals surface area contributed by atoms with Gasteiger partial charge in [-0.25, -0.2) is 0 Å². The van der Waals surface area contributed by atoms with E-state index >= 15 is 0 Å². The van der Waals surface area contributed by atoms with Crippen molar-refractivity contribution in [1.82, 2.24) is 0 Å². The van der Waals surface area contributed by atoms with Crippen LogP contribution in [0.15, 0.2) is 0 Å². The van der Waals surface area contributed by atoms with Crippen LogP contribution in [0.2, 0.25) is 5.82 Å². The summed E-state index contributed by atoms with van der Waals surface area (Å²) in [5.74, 6) is -0.858. The van der Waals surface area contributed by atoms with Gasteiger partial charge in [-0.1, -0.05) is 0 Å². The van der Waals surface area contributed by atoms with Crippen molar-refractivity contribution in [3.8, 4) is 0 Å². The van der Waals surface area contributed by atoms with Crippen LogP contribution >= 0.6 is 0 Å². The summed E-state index contributed by atoms with van der Waals surface area (Å²) >= 11 is -0.381. The van der Waals surface area contributed by atoms with Crippen LogP contribution in [0.3, 0.4) is 0 Å². The van der Waals surface area contributed by atoms with Crippen molar-refractivity contribution in [2.45, 2.75) is 35.6 Å². The summed E-state index contributed by atoms with van der Waals surface area (Å²) in [4.78, 5) is 24.8. The average molecular weight is 337 g/mol. The average Bonchev–Trinajstić information content (AvgIpc) is 2.62. The minimum atomic E-state index is -0.593. The second-order valence-electron chi connectivity index (χ2n) is 3.97. The number of hydrogen-bond acceptors (Lipinski definition) is 4. The summed E-state index contributed by atoms with van der Waals surface area (Å²) < 4.78 is 9.40. The van der Waals surface area contributed by atoms with E-state index in [0.717, 1.165) is 0 Å². The molecule has 0 aliphatic carbocycles. The Balaban J connectivity index is 2.60. The van der Waals surface area contributed by atoms with Crippen molar-refractivity contribution in [3.63, 3.8) is 0 Å². The fourth-order valence-corrected chi connectivity index (χ4v) is 2.82. The zero-order valence-electron chi connectivity index (χ0n) is 9.66. The Morgan fingerprint density at radius 3 is 2.75 bits per heavy atom. The first-order valence-electron chi connectivity index (χ1n) is 5.03. The fraction of sp³-hybridized carbons (Fsp3) is 0.800. The normalized spacial score (nSPS) is 25.9. The van der Waals surface area contributed by atoms with Gasteiger partial charge in [-0.2, -0.15) is 0 Å². The van der Waals surface area contributed by atoms with Crippen LogP contribution in [0.25, 0.3) is 0 Å². The Bertz CT molecular complexity index is 295. The number of esters is 2. The fourth-order valence-electron chi connectivity index (χ4n) is 1.27. The molecule has 2 radical (unpaired) electrons. The van der Waals surface area contributed by atoms with Crippen LogP contribution < -0.4 is 21.2 Å². The van der Waals surface area contributed by atoms with Gasteiger partial charge in [-0.15, -0.1) is 0 Å². The third kappa shape index (κ3) is 2.90. The quantitative estimate of drug-likeness (QED) is 0.243. The van der Waals surface area contributed by atoms with Gasteiger partial charge in [0.15, 0.2) is 0 Å². The Morgan fingerprint density at radius 1 is 1.75 bits per heavy atom. The standard InChI is InChI=1S/C10H15BIO4/c1-6(11)10(2,12-3)9(14)16-7-4-8(13)15-5-7/h6-7H,4-5H2,1-3H3/q-1. The maximum atomic E-state index is 12.0. The first-order chi connectivity index (χ1) is 7.40. The van der Waals surface area contributed by atoms with Gasteiger partial charge in [0.2, 0.25) is 0 Å². The van der Waals surface area contributed by atoms with E-state index in [9.17, 15) is 9.59 Å². The van der Waals surface area contributed by atoms with Gasteiger partial charge >= 0.3 is 107 Å². The van der Waals surface area contributed by atoms with Crippen molar-refractivity contribution in [2.24, 2.45) is 0 Å². The number of rotatable bonds is 4. The minimum absolute atomic E-state index is 0.156. The van der Waals surface area contributed by atoms with E-state index in [-0.39, 0.29) is 52.0 Å². The molecule has 3 unspecified atom stereocenters. The number of alkyl halides is 2. The van der Waals surface area contributed by atoms with Gasteiger partial charge in [0.1, 0.15) is 0 Å². The van der Waals surface area contributed by atoms with Crippen molar-refractivity contribution < 1.29 is 40.3 Å². The van der Waals surface area contributed by atoms with Gasteiger partial charge in [0.25, 0.3) is 0 Å². The number of cyclic esters (lactones) is 1. The molecule has 1 aliphatic heterocycles. The summed E-state index contributed by atoms with van der Waals surface area (Å²) in [6, 6.07) is 0. The molecule has 1 fully saturated rings. The molecule has 1 aliphatic rings. The first kappa shape index (κ1) is 13.8. The number of carbonyl (C=O) groups is 2. The first-order valence-corrected chi connectivity index (χ1v) is 8.26. The van der Waals surface area contributed by atoms with E-state index in [1.807, 2.05) is 11.9 Å². The summed E-state index contributed by atoms with van der Waals surface area (Å²) in [5.41, 5.74) is 0. The van der Waals surface area contributed by atoms with E-state index in [2.05, 4.69) is 0 Å². The molecule has 6 heteroatoms. The molecular formula is C10H15BIO4-. The van der Waals surface area contributed by atoms with Crippen molar-refractivity contribution in [2.75, 3.05) is 11.5 Å². The molecule has 0 N–H and O–H groups in total. The molecule has 90 valence electrons. The zero-order chi connectivity index (χ0) is 12.3. The van der Waals surface area contributed by atoms with E-state index < -0.39 is 9.53 Å². The third-order valence-electron chi connectivity index (χ3n) is 2.75. The molecule has 0 saturated carbocycles. The Hall–Kier alpha value is -0.265. The molecule has 0 amide bonds. The predicted molar refractivity (Wildman–Crippen MR) is 55.0 cm³/mol. The van der Waals surface area contributed by atoms with Crippen LogP contribution in [-0.2, 0) is 19.1 Å². The van der Waals surface area contributed by atoms with Crippen LogP contribution in [-0.4, -0.2) is 40.8 Å². The molecule has 1 rings (SSSR count). The molecule has 1 heterocycles. The Morgan fingerprint density at radius 2 is 2.38 bits per heavy atom. The van der Waals surface area contributed by atoms with Crippen LogP contribution in [0.1, 0.15) is 20.3 Å². The Kier molecular flexibility index (Phi) is 4.64. The molecular weight excluding hydrogens is 322 g/mol. The monoisotopic (exact) mass is 337 g/mol. The molecule has 16 heavy (non-hydrogen) atoms. The van der Waals surface area contributed by atoms with E-state index in [1.165, 1.54) is 0 Å². The second kappa shape index (κ2) is 5.38. The predicted octanol–water partition coefficient (Wildman–Crippen LogP) is -2.70. The summed E-state index contributed by atoms with van der Waals surface area (Å²) in [6.07, 6.45) is -0.281. The second-order valence-corrected chi connectivity index (χ2v) is 7.29. The van der Waals surface area contributed by atoms with Crippen LogP contribution in [0.4, 0.5) is 0 Å². The molecule has 0 aromatic carbocycles. The SMILES string of the molecule is [B]C(C)C(C)([I-]C)C(=O)OC1COC(=O)C1. The summed E-state index contributed by atoms with van der Waals surface area (Å²) in [7, 11) is 5.81. The van der Waals surface area contributed by atoms with Gasteiger partial charge in [0, 0.05) is 0 Å². The van der Waals surface area contributed by atoms with Gasteiger partial charge in [0.05, 0.1) is 0 Å². The van der Waals surface area contributed by atoms with Gasteiger partial charge in [-0.05, 0) is 0 Å². The molecule has 0 bridgehead atoms. The van der Waals surface area contributed by atoms with Crippen LogP contribution in [0, 0.1) is 0 Å². The van der Waals surface area contributed by atoms with Crippen molar-refractivity contribution in [1.29, 1.82) is 0 Å². The van der Waals surface area contributed by atoms with E-state index in [4.69, 9.17) is 17.3 Å². The van der Waals surface area contributed by atoms with Crippen molar-refractivity contribution >= 4 is 19.8 Å². The third-order valence-corrected chi connectivity index (χ3v) is 6.41. The van der Waals surface area contributed by atoms with E-state index in [0.29, 0.717) is 0 Å². The van der Waals surface area contributed by atoms with E-state index in [1.54, 1.807) is 6.92 Å². The van der Waals surface area contributed by atoms with Gasteiger partial charge in [-0.3, -0.25) is 0 Å². The molecule has 0 aromatic rings. The van der Waals surface area contributed by atoms with Gasteiger partial charge < -0.3 is 0 Å². The number of carbonyl (C=O) groups excluding carboxylic acids is 2. The van der Waals surface area contributed by atoms with Crippen molar-refractivity contribution in [3.05, 3.63) is 0 Å². The zero-order valence-corrected chi connectivity index (χ0v) is 11.8. The molecule has 0 spiro atoms. The molecule has 1 saturated heterocycles.